The summed E-state index contributed by atoms with van der Waals surface area (Å²) in [6.07, 6.45) is 7.08. The molecule has 112 valence electrons. The Labute approximate surface area is 137 Å². The highest BCUT2D eigenvalue weighted by Gasteiger charge is 2.22. The number of pyridine rings is 1. The summed E-state index contributed by atoms with van der Waals surface area (Å²) in [7, 11) is 0. The number of halogens is 2. The number of hydrogen-bond donors (Lipinski definition) is 2. The van der Waals surface area contributed by atoms with Crippen LogP contribution in [0.4, 0.5) is 5.69 Å². The van der Waals surface area contributed by atoms with Crippen molar-refractivity contribution in [1.29, 1.82) is 0 Å². The summed E-state index contributed by atoms with van der Waals surface area (Å²) in [6.45, 7) is 0. The summed E-state index contributed by atoms with van der Waals surface area (Å²) in [5.41, 5.74) is 1.71. The number of rotatable bonds is 3. The van der Waals surface area contributed by atoms with E-state index in [9.17, 15) is 5.11 Å². The SMILES string of the molecule is OC(Nc1c(Br)cnc2cc(Cl)ccc12)C1CCCCC1. The standard InChI is InChI=1S/C16H18BrClN2O/c17-13-9-19-14-8-11(18)6-7-12(14)15(13)20-16(21)10-4-2-1-3-5-10/h6-10,16,21H,1-5H2,(H,19,20). The second-order valence-corrected chi connectivity index (χ2v) is 6.92. The molecule has 1 saturated carbocycles. The van der Waals surface area contributed by atoms with Crippen LogP contribution < -0.4 is 5.32 Å². The minimum Gasteiger partial charge on any atom is -0.374 e. The third-order valence-corrected chi connectivity index (χ3v) is 5.01. The molecule has 3 rings (SSSR count). The van der Waals surface area contributed by atoms with Crippen LogP contribution in [0.1, 0.15) is 32.1 Å². The summed E-state index contributed by atoms with van der Waals surface area (Å²) >= 11 is 9.54. The van der Waals surface area contributed by atoms with Gasteiger partial charge >= 0.3 is 0 Å². The van der Waals surface area contributed by atoms with E-state index in [4.69, 9.17) is 11.6 Å². The molecule has 2 N–H and O–H groups in total. The van der Waals surface area contributed by atoms with E-state index in [1.165, 1.54) is 19.3 Å². The Morgan fingerprint density at radius 1 is 1.29 bits per heavy atom. The predicted molar refractivity (Wildman–Crippen MR) is 90.7 cm³/mol. The van der Waals surface area contributed by atoms with Gasteiger partial charge in [0.05, 0.1) is 15.7 Å². The van der Waals surface area contributed by atoms with Gasteiger partial charge < -0.3 is 10.4 Å². The lowest BCUT2D eigenvalue weighted by Crippen LogP contribution is -2.30. The number of nitrogens with one attached hydrogen (secondary N) is 1. The number of hydrogen-bond acceptors (Lipinski definition) is 3. The van der Waals surface area contributed by atoms with Crippen LogP contribution in [-0.2, 0) is 0 Å². The first-order valence-corrected chi connectivity index (χ1v) is 8.50. The molecule has 21 heavy (non-hydrogen) atoms. The van der Waals surface area contributed by atoms with Crippen LogP contribution in [0.15, 0.2) is 28.9 Å². The predicted octanol–water partition coefficient (Wildman–Crippen LogP) is 4.96. The molecule has 0 spiro atoms. The maximum Gasteiger partial charge on any atom is 0.127 e. The lowest BCUT2D eigenvalue weighted by Gasteiger charge is -2.28. The van der Waals surface area contributed by atoms with Crippen molar-refractivity contribution < 1.29 is 5.11 Å². The fraction of sp³-hybridized carbons (Fsp3) is 0.438. The van der Waals surface area contributed by atoms with Gasteiger partial charge in [-0.2, -0.15) is 0 Å². The molecule has 0 saturated heterocycles. The van der Waals surface area contributed by atoms with Crippen molar-refractivity contribution in [2.24, 2.45) is 5.92 Å². The van der Waals surface area contributed by atoms with Gasteiger partial charge in [-0.3, -0.25) is 4.98 Å². The first kappa shape index (κ1) is 15.1. The van der Waals surface area contributed by atoms with Crippen molar-refractivity contribution in [3.05, 3.63) is 33.9 Å². The lowest BCUT2D eigenvalue weighted by atomic mass is 9.88. The Morgan fingerprint density at radius 2 is 2.05 bits per heavy atom. The summed E-state index contributed by atoms with van der Waals surface area (Å²) < 4.78 is 0.854. The van der Waals surface area contributed by atoms with E-state index < -0.39 is 6.23 Å². The summed E-state index contributed by atoms with van der Waals surface area (Å²) in [4.78, 5) is 4.37. The van der Waals surface area contributed by atoms with Crippen LogP contribution in [0.25, 0.3) is 10.9 Å². The van der Waals surface area contributed by atoms with Crippen molar-refractivity contribution in [3.8, 4) is 0 Å². The number of aliphatic hydroxyl groups is 1. The van der Waals surface area contributed by atoms with E-state index >= 15 is 0 Å². The maximum atomic E-state index is 10.5. The minimum atomic E-state index is -0.525. The average molecular weight is 370 g/mol. The Kier molecular flexibility index (Phi) is 4.67. The monoisotopic (exact) mass is 368 g/mol. The molecular weight excluding hydrogens is 352 g/mol. The van der Waals surface area contributed by atoms with Crippen LogP contribution >= 0.6 is 27.5 Å². The number of anilines is 1. The van der Waals surface area contributed by atoms with Crippen LogP contribution in [0, 0.1) is 5.92 Å². The van der Waals surface area contributed by atoms with Crippen molar-refractivity contribution in [3.63, 3.8) is 0 Å². The first-order valence-electron chi connectivity index (χ1n) is 7.33. The van der Waals surface area contributed by atoms with Gasteiger partial charge in [0.15, 0.2) is 0 Å². The summed E-state index contributed by atoms with van der Waals surface area (Å²) in [5, 5.41) is 15.4. The Bertz CT molecular complexity index is 643. The zero-order valence-electron chi connectivity index (χ0n) is 11.6. The molecular formula is C16H18BrClN2O. The van der Waals surface area contributed by atoms with Gasteiger partial charge in [0.1, 0.15) is 6.23 Å². The fourth-order valence-electron chi connectivity index (χ4n) is 3.00. The van der Waals surface area contributed by atoms with Gasteiger partial charge in [0.2, 0.25) is 0 Å². The molecule has 0 aliphatic heterocycles. The minimum absolute atomic E-state index is 0.321. The van der Waals surface area contributed by atoms with Gasteiger partial charge in [-0.25, -0.2) is 0 Å². The topological polar surface area (TPSA) is 45.1 Å². The summed E-state index contributed by atoms with van der Waals surface area (Å²) in [6, 6.07) is 5.61. The van der Waals surface area contributed by atoms with Crippen molar-refractivity contribution >= 4 is 44.1 Å². The van der Waals surface area contributed by atoms with Crippen molar-refractivity contribution in [2.75, 3.05) is 5.32 Å². The average Bonchev–Trinajstić information content (AvgIpc) is 2.51. The Hall–Kier alpha value is -0.840. The van der Waals surface area contributed by atoms with Crippen LogP contribution in [0.2, 0.25) is 5.02 Å². The molecule has 1 aliphatic carbocycles. The quantitative estimate of drug-likeness (QED) is 0.752. The molecule has 1 aromatic carbocycles. The van der Waals surface area contributed by atoms with E-state index in [1.54, 1.807) is 6.20 Å². The van der Waals surface area contributed by atoms with Crippen molar-refractivity contribution in [2.45, 2.75) is 38.3 Å². The molecule has 0 bridgehead atoms. The van der Waals surface area contributed by atoms with Gasteiger partial charge in [0, 0.05) is 22.5 Å². The highest BCUT2D eigenvalue weighted by molar-refractivity contribution is 9.10. The van der Waals surface area contributed by atoms with E-state index in [2.05, 4.69) is 26.2 Å². The molecule has 1 aromatic heterocycles. The van der Waals surface area contributed by atoms with Gasteiger partial charge in [-0.05, 0) is 47.0 Å². The summed E-state index contributed by atoms with van der Waals surface area (Å²) in [5.74, 6) is 0.321. The van der Waals surface area contributed by atoms with Gasteiger partial charge in [-0.1, -0.05) is 30.9 Å². The molecule has 0 amide bonds. The largest absolute Gasteiger partial charge is 0.374 e. The second kappa shape index (κ2) is 6.51. The maximum absolute atomic E-state index is 10.5. The van der Waals surface area contributed by atoms with E-state index in [1.807, 2.05) is 18.2 Å². The van der Waals surface area contributed by atoms with Crippen LogP contribution in [0.3, 0.4) is 0 Å². The fourth-order valence-corrected chi connectivity index (χ4v) is 3.60. The molecule has 1 fully saturated rings. The van der Waals surface area contributed by atoms with E-state index in [0.717, 1.165) is 33.9 Å². The van der Waals surface area contributed by atoms with Crippen molar-refractivity contribution in [1.82, 2.24) is 4.98 Å². The highest BCUT2D eigenvalue weighted by atomic mass is 79.9. The van der Waals surface area contributed by atoms with E-state index in [-0.39, 0.29) is 0 Å². The molecule has 1 atom stereocenters. The molecule has 2 aromatic rings. The Balaban J connectivity index is 1.90. The first-order chi connectivity index (χ1) is 10.1. The zero-order chi connectivity index (χ0) is 14.8. The zero-order valence-corrected chi connectivity index (χ0v) is 14.0. The molecule has 3 nitrogen and oxygen atoms in total. The molecule has 1 heterocycles. The lowest BCUT2D eigenvalue weighted by molar-refractivity contribution is 0.109. The van der Waals surface area contributed by atoms with Gasteiger partial charge in [-0.15, -0.1) is 0 Å². The smallest absolute Gasteiger partial charge is 0.127 e. The molecule has 1 unspecified atom stereocenters. The number of fused-ring (bicyclic) bond motifs is 1. The third-order valence-electron chi connectivity index (χ3n) is 4.17. The normalized spacial score (nSPS) is 17.9. The number of aromatic nitrogens is 1. The second-order valence-electron chi connectivity index (χ2n) is 5.63. The highest BCUT2D eigenvalue weighted by Crippen LogP contribution is 2.34. The molecule has 1 aliphatic rings. The third kappa shape index (κ3) is 3.33. The molecule has 5 heteroatoms. The Morgan fingerprint density at radius 3 is 2.81 bits per heavy atom. The van der Waals surface area contributed by atoms with Crippen LogP contribution in [-0.4, -0.2) is 16.3 Å². The molecule has 0 radical (unpaired) electrons. The van der Waals surface area contributed by atoms with E-state index in [0.29, 0.717) is 10.9 Å². The number of nitrogens with zero attached hydrogens (tertiary/aromatic N) is 1. The van der Waals surface area contributed by atoms with Crippen LogP contribution in [0.5, 0.6) is 0 Å². The number of benzene rings is 1. The van der Waals surface area contributed by atoms with Gasteiger partial charge in [0.25, 0.3) is 0 Å². The number of aliphatic hydroxyl groups excluding tert-OH is 1.